The van der Waals surface area contributed by atoms with Crippen LogP contribution in [0.3, 0.4) is 0 Å². The molecule has 0 heterocycles. The van der Waals surface area contributed by atoms with Crippen LogP contribution in [0.5, 0.6) is 5.75 Å². The van der Waals surface area contributed by atoms with Crippen LogP contribution in [0.2, 0.25) is 0 Å². The Morgan fingerprint density at radius 2 is 1.67 bits per heavy atom. The maximum atomic E-state index is 12.4. The SMILES string of the molecule is COc1ccc(C(=O)Nc2ccccc2C(=O)C(=O)NCCN(C)C)cc1. The van der Waals surface area contributed by atoms with Crippen molar-refractivity contribution in [2.45, 2.75) is 0 Å². The number of Topliss-reactive ketones (excluding diaryl/α,β-unsaturated/α-hetero) is 1. The minimum absolute atomic E-state index is 0.140. The third kappa shape index (κ3) is 5.65. The minimum atomic E-state index is -0.706. The number of methoxy groups -OCH3 is 1. The van der Waals surface area contributed by atoms with Crippen molar-refractivity contribution in [3.63, 3.8) is 0 Å². The van der Waals surface area contributed by atoms with E-state index in [0.717, 1.165) is 0 Å². The van der Waals surface area contributed by atoms with Crippen LogP contribution in [-0.2, 0) is 4.79 Å². The Morgan fingerprint density at radius 1 is 1.00 bits per heavy atom. The second-order valence-corrected chi connectivity index (χ2v) is 6.12. The van der Waals surface area contributed by atoms with Gasteiger partial charge in [0.1, 0.15) is 5.75 Å². The van der Waals surface area contributed by atoms with Crippen LogP contribution in [0.4, 0.5) is 5.69 Å². The molecule has 27 heavy (non-hydrogen) atoms. The molecular weight excluding hydrogens is 346 g/mol. The number of likely N-dealkylation sites (N-methyl/N-ethyl adjacent to an activating group) is 1. The molecule has 2 N–H and O–H groups in total. The maximum absolute atomic E-state index is 12.4. The quantitative estimate of drug-likeness (QED) is 0.547. The first-order chi connectivity index (χ1) is 12.9. The standard InChI is InChI=1S/C20H23N3O4/c1-23(2)13-12-21-20(26)18(24)16-6-4-5-7-17(16)22-19(25)14-8-10-15(27-3)11-9-14/h4-11H,12-13H2,1-3H3,(H,21,26)(H,22,25). The highest BCUT2D eigenvalue weighted by molar-refractivity contribution is 6.44. The molecule has 0 saturated carbocycles. The molecule has 2 aromatic carbocycles. The van der Waals surface area contributed by atoms with Gasteiger partial charge >= 0.3 is 0 Å². The largest absolute Gasteiger partial charge is 0.497 e. The number of nitrogens with zero attached hydrogens (tertiary/aromatic N) is 1. The van der Waals surface area contributed by atoms with Gasteiger partial charge in [-0.1, -0.05) is 12.1 Å². The molecule has 0 saturated heterocycles. The smallest absolute Gasteiger partial charge is 0.292 e. The van der Waals surface area contributed by atoms with Crippen molar-refractivity contribution >= 4 is 23.3 Å². The van der Waals surface area contributed by atoms with Gasteiger partial charge < -0.3 is 20.3 Å². The number of ketones is 1. The first kappa shape index (κ1) is 20.1. The number of carbonyl (C=O) groups is 3. The predicted octanol–water partition coefficient (Wildman–Crippen LogP) is 1.81. The summed E-state index contributed by atoms with van der Waals surface area (Å²) in [6.45, 7) is 0.979. The molecule has 7 nitrogen and oxygen atoms in total. The van der Waals surface area contributed by atoms with E-state index >= 15 is 0 Å². The molecule has 0 aliphatic carbocycles. The Labute approximate surface area is 158 Å². The van der Waals surface area contributed by atoms with E-state index in [1.165, 1.54) is 6.07 Å². The molecule has 0 aliphatic rings. The highest BCUT2D eigenvalue weighted by Gasteiger charge is 2.20. The summed E-state index contributed by atoms with van der Waals surface area (Å²) in [6, 6.07) is 13.0. The van der Waals surface area contributed by atoms with Gasteiger partial charge in [-0.05, 0) is 50.5 Å². The Bertz CT molecular complexity index is 816. The van der Waals surface area contributed by atoms with Gasteiger partial charge in [0.25, 0.3) is 17.6 Å². The predicted molar refractivity (Wildman–Crippen MR) is 103 cm³/mol. The third-order valence-corrected chi connectivity index (χ3v) is 3.82. The number of rotatable bonds is 8. The molecule has 0 aliphatic heterocycles. The summed E-state index contributed by atoms with van der Waals surface area (Å²) >= 11 is 0. The molecular formula is C20H23N3O4. The fourth-order valence-electron chi connectivity index (χ4n) is 2.32. The summed E-state index contributed by atoms with van der Waals surface area (Å²) < 4.78 is 5.07. The number of ether oxygens (including phenoxy) is 1. The molecule has 2 amide bonds. The lowest BCUT2D eigenvalue weighted by Gasteiger charge is -2.12. The number of anilines is 1. The fourth-order valence-corrected chi connectivity index (χ4v) is 2.32. The number of amides is 2. The normalized spacial score (nSPS) is 10.4. The molecule has 7 heteroatoms. The minimum Gasteiger partial charge on any atom is -0.497 e. The monoisotopic (exact) mass is 369 g/mol. The summed E-state index contributed by atoms with van der Waals surface area (Å²) in [5, 5.41) is 5.27. The number of hydrogen-bond donors (Lipinski definition) is 2. The van der Waals surface area contributed by atoms with Gasteiger partial charge in [-0.2, -0.15) is 0 Å². The van der Waals surface area contributed by atoms with Gasteiger partial charge in [-0.3, -0.25) is 14.4 Å². The summed E-state index contributed by atoms with van der Waals surface area (Å²) in [5.74, 6) is -1.15. The highest BCUT2D eigenvalue weighted by Crippen LogP contribution is 2.18. The molecule has 0 spiro atoms. The van der Waals surface area contributed by atoms with Gasteiger partial charge in [0.05, 0.1) is 18.4 Å². The lowest BCUT2D eigenvalue weighted by atomic mass is 10.1. The lowest BCUT2D eigenvalue weighted by molar-refractivity contribution is -0.117. The molecule has 0 fully saturated rings. The first-order valence-electron chi connectivity index (χ1n) is 8.44. The molecule has 142 valence electrons. The third-order valence-electron chi connectivity index (χ3n) is 3.82. The van der Waals surface area contributed by atoms with Crippen molar-refractivity contribution in [1.82, 2.24) is 10.2 Å². The van der Waals surface area contributed by atoms with Crippen LogP contribution in [0.1, 0.15) is 20.7 Å². The van der Waals surface area contributed by atoms with Crippen LogP contribution in [0.25, 0.3) is 0 Å². The van der Waals surface area contributed by atoms with Crippen molar-refractivity contribution in [2.24, 2.45) is 0 Å². The zero-order chi connectivity index (χ0) is 19.8. The van der Waals surface area contributed by atoms with Crippen LogP contribution in [-0.4, -0.2) is 56.8 Å². The number of nitrogens with one attached hydrogen (secondary N) is 2. The molecule has 0 unspecified atom stereocenters. The van der Waals surface area contributed by atoms with Crippen molar-refractivity contribution < 1.29 is 19.1 Å². The Hall–Kier alpha value is -3.19. The van der Waals surface area contributed by atoms with E-state index in [1.807, 2.05) is 19.0 Å². The second kappa shape index (κ2) is 9.49. The van der Waals surface area contributed by atoms with Gasteiger partial charge in [0.2, 0.25) is 0 Å². The molecule has 0 aromatic heterocycles. The number of benzene rings is 2. The van der Waals surface area contributed by atoms with E-state index < -0.39 is 11.7 Å². The van der Waals surface area contributed by atoms with E-state index in [0.29, 0.717) is 24.4 Å². The van der Waals surface area contributed by atoms with E-state index in [-0.39, 0.29) is 17.2 Å². The van der Waals surface area contributed by atoms with Crippen molar-refractivity contribution in [3.8, 4) is 5.75 Å². The van der Waals surface area contributed by atoms with Crippen molar-refractivity contribution in [3.05, 3.63) is 59.7 Å². The summed E-state index contributed by atoms with van der Waals surface area (Å²) in [7, 11) is 5.29. The van der Waals surface area contributed by atoms with Crippen LogP contribution < -0.4 is 15.4 Å². The summed E-state index contributed by atoms with van der Waals surface area (Å²) in [5.41, 5.74) is 0.835. The topological polar surface area (TPSA) is 87.7 Å². The van der Waals surface area contributed by atoms with Crippen LogP contribution in [0.15, 0.2) is 48.5 Å². The van der Waals surface area contributed by atoms with Gasteiger partial charge in [-0.15, -0.1) is 0 Å². The number of para-hydroxylation sites is 1. The Kier molecular flexibility index (Phi) is 7.08. The Morgan fingerprint density at radius 3 is 2.30 bits per heavy atom. The highest BCUT2D eigenvalue weighted by atomic mass is 16.5. The molecule has 2 rings (SSSR count). The van der Waals surface area contributed by atoms with Gasteiger partial charge in [-0.25, -0.2) is 0 Å². The maximum Gasteiger partial charge on any atom is 0.292 e. The van der Waals surface area contributed by atoms with E-state index in [2.05, 4.69) is 10.6 Å². The van der Waals surface area contributed by atoms with Gasteiger partial charge in [0, 0.05) is 18.7 Å². The van der Waals surface area contributed by atoms with E-state index in [4.69, 9.17) is 4.74 Å². The van der Waals surface area contributed by atoms with E-state index in [9.17, 15) is 14.4 Å². The lowest BCUT2D eigenvalue weighted by Crippen LogP contribution is -2.36. The zero-order valence-corrected chi connectivity index (χ0v) is 15.6. The van der Waals surface area contributed by atoms with Crippen molar-refractivity contribution in [2.75, 3.05) is 39.6 Å². The average molecular weight is 369 g/mol. The van der Waals surface area contributed by atoms with Crippen LogP contribution in [0, 0.1) is 0 Å². The number of carbonyl (C=O) groups excluding carboxylic acids is 3. The molecule has 2 aromatic rings. The van der Waals surface area contributed by atoms with Crippen LogP contribution >= 0.6 is 0 Å². The summed E-state index contributed by atoms with van der Waals surface area (Å²) in [6.07, 6.45) is 0. The molecule has 0 bridgehead atoms. The van der Waals surface area contributed by atoms with Crippen molar-refractivity contribution in [1.29, 1.82) is 0 Å². The molecule has 0 radical (unpaired) electrons. The summed E-state index contributed by atoms with van der Waals surface area (Å²) in [4.78, 5) is 38.9. The average Bonchev–Trinajstić information content (AvgIpc) is 2.67. The molecule has 0 atom stereocenters. The van der Waals surface area contributed by atoms with E-state index in [1.54, 1.807) is 49.6 Å². The first-order valence-corrected chi connectivity index (χ1v) is 8.44. The number of hydrogen-bond acceptors (Lipinski definition) is 5. The fraction of sp³-hybridized carbons (Fsp3) is 0.250. The Balaban J connectivity index is 2.11. The van der Waals surface area contributed by atoms with Gasteiger partial charge in [0.15, 0.2) is 0 Å². The zero-order valence-electron chi connectivity index (χ0n) is 15.6. The second-order valence-electron chi connectivity index (χ2n) is 6.12.